The van der Waals surface area contributed by atoms with Crippen molar-refractivity contribution in [2.45, 2.75) is 31.7 Å². The smallest absolute Gasteiger partial charge is 0.291 e. The van der Waals surface area contributed by atoms with Gasteiger partial charge in [-0.05, 0) is 19.8 Å². The molecule has 3 N–H and O–H groups in total. The SMILES string of the molecule is Cc1nc(C2CC(N)C2)cc(N2CCN(C(=O)c3ncn[nH]3)CC2)n1.Cl.Cl. The average molecular weight is 415 g/mol. The average Bonchev–Trinajstić information content (AvgIpc) is 3.12. The van der Waals surface area contributed by atoms with Gasteiger partial charge in [0.1, 0.15) is 18.0 Å². The van der Waals surface area contributed by atoms with E-state index in [-0.39, 0.29) is 36.5 Å². The van der Waals surface area contributed by atoms with Crippen LogP contribution in [-0.2, 0) is 0 Å². The Balaban J connectivity index is 0.00000131. The molecule has 0 radical (unpaired) electrons. The molecule has 11 heteroatoms. The number of piperazine rings is 1. The first-order valence-corrected chi connectivity index (χ1v) is 8.61. The summed E-state index contributed by atoms with van der Waals surface area (Å²) in [5.41, 5.74) is 6.99. The lowest BCUT2D eigenvalue weighted by molar-refractivity contribution is 0.0734. The van der Waals surface area contributed by atoms with Gasteiger partial charge in [0.15, 0.2) is 0 Å². The van der Waals surface area contributed by atoms with Gasteiger partial charge >= 0.3 is 0 Å². The van der Waals surface area contributed by atoms with Crippen LogP contribution in [0.15, 0.2) is 12.4 Å². The molecule has 0 bridgehead atoms. The number of H-pyrrole nitrogens is 1. The molecule has 27 heavy (non-hydrogen) atoms. The van der Waals surface area contributed by atoms with Gasteiger partial charge < -0.3 is 15.5 Å². The van der Waals surface area contributed by atoms with Gasteiger partial charge in [0.05, 0.1) is 0 Å². The summed E-state index contributed by atoms with van der Waals surface area (Å²) in [4.78, 5) is 29.4. The number of nitrogens with one attached hydrogen (secondary N) is 1. The fraction of sp³-hybridized carbons (Fsp3) is 0.562. The van der Waals surface area contributed by atoms with Crippen LogP contribution in [0.1, 0.15) is 40.9 Å². The van der Waals surface area contributed by atoms with Gasteiger partial charge in [0.25, 0.3) is 5.91 Å². The van der Waals surface area contributed by atoms with Gasteiger partial charge in [-0.1, -0.05) is 0 Å². The van der Waals surface area contributed by atoms with Crippen molar-refractivity contribution in [1.82, 2.24) is 30.0 Å². The Labute approximate surface area is 170 Å². The van der Waals surface area contributed by atoms with E-state index in [2.05, 4.69) is 36.1 Å². The lowest BCUT2D eigenvalue weighted by Gasteiger charge is -2.36. The molecule has 2 aromatic rings. The predicted octanol–water partition coefficient (Wildman–Crippen LogP) is 0.914. The molecule has 9 nitrogen and oxygen atoms in total. The number of aromatic amines is 1. The minimum Gasteiger partial charge on any atom is -0.353 e. The van der Waals surface area contributed by atoms with Crippen molar-refractivity contribution < 1.29 is 4.79 Å². The third kappa shape index (κ3) is 4.48. The first kappa shape index (κ1) is 21.3. The summed E-state index contributed by atoms with van der Waals surface area (Å²) in [7, 11) is 0. The van der Waals surface area contributed by atoms with Gasteiger partial charge in [-0.15, -0.1) is 24.8 Å². The van der Waals surface area contributed by atoms with Crippen molar-refractivity contribution in [1.29, 1.82) is 0 Å². The maximum atomic E-state index is 12.3. The number of amides is 1. The molecular formula is C16H24Cl2N8O. The van der Waals surface area contributed by atoms with Gasteiger partial charge in [-0.3, -0.25) is 9.89 Å². The minimum atomic E-state index is -0.111. The summed E-state index contributed by atoms with van der Waals surface area (Å²) in [5.74, 6) is 2.35. The van der Waals surface area contributed by atoms with E-state index >= 15 is 0 Å². The molecule has 0 spiro atoms. The summed E-state index contributed by atoms with van der Waals surface area (Å²) in [5, 5.41) is 6.36. The number of aryl methyl sites for hydroxylation is 1. The van der Waals surface area contributed by atoms with Gasteiger partial charge in [-0.25, -0.2) is 15.0 Å². The zero-order valence-electron chi connectivity index (χ0n) is 15.0. The van der Waals surface area contributed by atoms with E-state index < -0.39 is 0 Å². The highest BCUT2D eigenvalue weighted by Crippen LogP contribution is 2.35. The Hall–Kier alpha value is -1.97. The van der Waals surface area contributed by atoms with Crippen LogP contribution in [0.5, 0.6) is 0 Å². The van der Waals surface area contributed by atoms with Gasteiger partial charge in [0.2, 0.25) is 5.82 Å². The minimum absolute atomic E-state index is 0. The highest BCUT2D eigenvalue weighted by atomic mass is 35.5. The van der Waals surface area contributed by atoms with E-state index in [4.69, 9.17) is 5.73 Å². The third-order valence-electron chi connectivity index (χ3n) is 4.95. The van der Waals surface area contributed by atoms with Crippen LogP contribution >= 0.6 is 24.8 Å². The van der Waals surface area contributed by atoms with Crippen LogP contribution < -0.4 is 10.6 Å². The number of nitrogens with zero attached hydrogens (tertiary/aromatic N) is 6. The van der Waals surface area contributed by atoms with Crippen molar-refractivity contribution in [3.63, 3.8) is 0 Å². The fourth-order valence-electron chi connectivity index (χ4n) is 3.45. The quantitative estimate of drug-likeness (QED) is 0.766. The Morgan fingerprint density at radius 1 is 1.19 bits per heavy atom. The molecule has 1 saturated heterocycles. The lowest BCUT2D eigenvalue weighted by atomic mass is 9.78. The number of carbonyl (C=O) groups excluding carboxylic acids is 1. The van der Waals surface area contributed by atoms with Crippen LogP contribution in [0.3, 0.4) is 0 Å². The Kier molecular flexibility index (Phi) is 6.96. The molecule has 2 fully saturated rings. The number of anilines is 1. The molecule has 4 rings (SSSR count). The molecule has 1 amide bonds. The Morgan fingerprint density at radius 3 is 2.48 bits per heavy atom. The van der Waals surface area contributed by atoms with Crippen molar-refractivity contribution in [3.8, 4) is 0 Å². The molecule has 1 saturated carbocycles. The summed E-state index contributed by atoms with van der Waals surface area (Å²) in [6.45, 7) is 4.66. The predicted molar refractivity (Wildman–Crippen MR) is 106 cm³/mol. The lowest BCUT2D eigenvalue weighted by Crippen LogP contribution is -2.49. The van der Waals surface area contributed by atoms with E-state index in [0.29, 0.717) is 25.0 Å². The maximum absolute atomic E-state index is 12.3. The molecule has 1 aliphatic heterocycles. The number of aromatic nitrogens is 5. The van der Waals surface area contributed by atoms with E-state index in [0.717, 1.165) is 43.3 Å². The van der Waals surface area contributed by atoms with Gasteiger partial charge in [0, 0.05) is 49.9 Å². The topological polar surface area (TPSA) is 117 Å². The van der Waals surface area contributed by atoms with Crippen LogP contribution in [0.2, 0.25) is 0 Å². The number of rotatable bonds is 3. The Bertz CT molecular complexity index is 758. The number of nitrogens with two attached hydrogens (primary N) is 1. The normalized spacial score (nSPS) is 21.7. The summed E-state index contributed by atoms with van der Waals surface area (Å²) >= 11 is 0. The van der Waals surface area contributed by atoms with Crippen LogP contribution in [-0.4, -0.2) is 68.2 Å². The number of carbonyl (C=O) groups is 1. The second-order valence-electron chi connectivity index (χ2n) is 6.74. The van der Waals surface area contributed by atoms with E-state index in [1.807, 2.05) is 6.92 Å². The highest BCUT2D eigenvalue weighted by Gasteiger charge is 2.30. The van der Waals surface area contributed by atoms with Crippen LogP contribution in [0.4, 0.5) is 5.82 Å². The monoisotopic (exact) mass is 414 g/mol. The van der Waals surface area contributed by atoms with E-state index in [9.17, 15) is 4.79 Å². The second-order valence-corrected chi connectivity index (χ2v) is 6.74. The number of halogens is 2. The Morgan fingerprint density at radius 2 is 1.89 bits per heavy atom. The van der Waals surface area contributed by atoms with E-state index in [1.54, 1.807) is 4.90 Å². The third-order valence-corrected chi connectivity index (χ3v) is 4.95. The largest absolute Gasteiger partial charge is 0.353 e. The summed E-state index contributed by atoms with van der Waals surface area (Å²) in [6.07, 6.45) is 3.34. The first-order chi connectivity index (χ1) is 12.1. The second kappa shape index (κ2) is 8.81. The number of hydrogen-bond acceptors (Lipinski definition) is 7. The van der Waals surface area contributed by atoms with Crippen LogP contribution in [0.25, 0.3) is 0 Å². The summed E-state index contributed by atoms with van der Waals surface area (Å²) in [6, 6.07) is 2.38. The van der Waals surface area contributed by atoms with Crippen molar-refractivity contribution >= 4 is 36.5 Å². The molecule has 0 unspecified atom stereocenters. The maximum Gasteiger partial charge on any atom is 0.291 e. The number of hydrogen-bond donors (Lipinski definition) is 2. The molecule has 148 valence electrons. The van der Waals surface area contributed by atoms with E-state index in [1.165, 1.54) is 6.33 Å². The van der Waals surface area contributed by atoms with Crippen molar-refractivity contribution in [2.24, 2.45) is 5.73 Å². The summed E-state index contributed by atoms with van der Waals surface area (Å²) < 4.78 is 0. The standard InChI is InChI=1S/C16H22N8O.2ClH/c1-10-20-13(11-6-12(17)7-11)8-14(21-10)23-2-4-24(5-3-23)16(25)15-18-9-19-22-15;;/h8-9,11-12H,2-7,17H2,1H3,(H,18,19,22);2*1H. The highest BCUT2D eigenvalue weighted by molar-refractivity contribution is 5.90. The zero-order chi connectivity index (χ0) is 17.4. The first-order valence-electron chi connectivity index (χ1n) is 8.61. The molecule has 2 aromatic heterocycles. The zero-order valence-corrected chi connectivity index (χ0v) is 16.7. The van der Waals surface area contributed by atoms with Crippen molar-refractivity contribution in [2.75, 3.05) is 31.1 Å². The van der Waals surface area contributed by atoms with Crippen LogP contribution in [0, 0.1) is 6.92 Å². The van der Waals surface area contributed by atoms with Crippen molar-refractivity contribution in [3.05, 3.63) is 29.7 Å². The fourth-order valence-corrected chi connectivity index (χ4v) is 3.45. The molecule has 3 heterocycles. The van der Waals surface area contributed by atoms with Gasteiger partial charge in [-0.2, -0.15) is 5.10 Å². The molecular weight excluding hydrogens is 391 g/mol. The molecule has 0 atom stereocenters. The molecule has 0 aromatic carbocycles. The molecule has 2 aliphatic rings. The molecule has 1 aliphatic carbocycles.